The van der Waals surface area contributed by atoms with E-state index in [4.69, 9.17) is 4.74 Å². The van der Waals surface area contributed by atoms with Crippen LogP contribution in [0.3, 0.4) is 0 Å². The quantitative estimate of drug-likeness (QED) is 0.362. The number of nitrogens with one attached hydrogen (secondary N) is 1. The molecule has 0 bridgehead atoms. The summed E-state index contributed by atoms with van der Waals surface area (Å²) >= 11 is 1.31. The van der Waals surface area contributed by atoms with Gasteiger partial charge in [-0.25, -0.2) is 4.98 Å². The minimum Gasteiger partial charge on any atom is -0.382 e. The highest BCUT2D eigenvalue weighted by Gasteiger charge is 2.14. The van der Waals surface area contributed by atoms with Gasteiger partial charge < -0.3 is 10.1 Å². The number of thioether (sulfide) groups is 1. The summed E-state index contributed by atoms with van der Waals surface area (Å²) in [5, 5.41) is 4.20. The summed E-state index contributed by atoms with van der Waals surface area (Å²) in [5.41, 5.74) is 0.589. The molecule has 0 radical (unpaired) electrons. The minimum absolute atomic E-state index is 0.0306. The number of hydrogen-bond donors (Lipinski definition) is 1. The smallest absolute Gasteiger partial charge is 0.262 e. The van der Waals surface area contributed by atoms with Crippen LogP contribution < -0.4 is 10.9 Å². The Morgan fingerprint density at radius 2 is 2.00 bits per heavy atom. The van der Waals surface area contributed by atoms with E-state index in [0.717, 1.165) is 19.3 Å². The molecule has 1 aromatic carbocycles. The highest BCUT2D eigenvalue weighted by atomic mass is 32.2. The molecule has 0 fully saturated rings. The molecule has 148 valence electrons. The number of aromatic nitrogens is 2. The summed E-state index contributed by atoms with van der Waals surface area (Å²) in [4.78, 5) is 29.8. The molecular weight excluding hydrogens is 362 g/mol. The maximum absolute atomic E-state index is 12.9. The number of carbonyl (C=O) groups is 1. The van der Waals surface area contributed by atoms with Crippen molar-refractivity contribution in [3.8, 4) is 0 Å². The first-order chi connectivity index (χ1) is 13.1. The van der Waals surface area contributed by atoms with Gasteiger partial charge in [0.25, 0.3) is 5.56 Å². The second-order valence-electron chi connectivity index (χ2n) is 6.29. The lowest BCUT2D eigenvalue weighted by Gasteiger charge is -2.16. The van der Waals surface area contributed by atoms with Crippen LogP contribution in [0.4, 0.5) is 0 Å². The fraction of sp³-hybridized carbons (Fsp3) is 0.550. The lowest BCUT2D eigenvalue weighted by Crippen LogP contribution is -2.35. The Morgan fingerprint density at radius 1 is 1.26 bits per heavy atom. The van der Waals surface area contributed by atoms with Gasteiger partial charge in [-0.05, 0) is 38.3 Å². The number of para-hydroxylation sites is 1. The van der Waals surface area contributed by atoms with Gasteiger partial charge in [-0.15, -0.1) is 0 Å². The predicted molar refractivity (Wildman–Crippen MR) is 110 cm³/mol. The van der Waals surface area contributed by atoms with Gasteiger partial charge in [0, 0.05) is 25.8 Å². The Morgan fingerprint density at radius 3 is 2.70 bits per heavy atom. The van der Waals surface area contributed by atoms with Gasteiger partial charge >= 0.3 is 0 Å². The average molecular weight is 392 g/mol. The van der Waals surface area contributed by atoms with Crippen LogP contribution in [0.25, 0.3) is 10.9 Å². The summed E-state index contributed by atoms with van der Waals surface area (Å²) in [6.07, 6.45) is 2.54. The van der Waals surface area contributed by atoms with E-state index < -0.39 is 0 Å². The van der Waals surface area contributed by atoms with E-state index >= 15 is 0 Å². The Bertz CT molecular complexity index is 803. The van der Waals surface area contributed by atoms with Crippen LogP contribution in [0.15, 0.2) is 34.2 Å². The Labute approximate surface area is 164 Å². The molecule has 1 N–H and O–H groups in total. The first kappa shape index (κ1) is 21.4. The van der Waals surface area contributed by atoms with E-state index in [1.165, 1.54) is 11.8 Å². The van der Waals surface area contributed by atoms with E-state index in [-0.39, 0.29) is 23.3 Å². The van der Waals surface area contributed by atoms with E-state index in [1.54, 1.807) is 10.6 Å². The molecule has 0 aliphatic heterocycles. The van der Waals surface area contributed by atoms with Crippen molar-refractivity contribution >= 4 is 28.6 Å². The standard InChI is InChI=1S/C20H29N3O3S/c1-4-15(5-2)21-18(24)14-27-20-22-17-11-8-7-10-16(17)19(25)23(20)12-9-13-26-6-3/h7-8,10-11,15H,4-6,9,12-14H2,1-3H3,(H,21,24). The second kappa shape index (κ2) is 11.1. The molecule has 0 unspecified atom stereocenters. The summed E-state index contributed by atoms with van der Waals surface area (Å²) < 4.78 is 7.05. The SMILES string of the molecule is CCOCCCn1c(SCC(=O)NC(CC)CC)nc2ccccc2c1=O. The van der Waals surface area contributed by atoms with Crippen molar-refractivity contribution in [2.45, 2.75) is 57.8 Å². The second-order valence-corrected chi connectivity index (χ2v) is 7.23. The first-order valence-corrected chi connectivity index (χ1v) is 10.6. The molecule has 0 spiro atoms. The fourth-order valence-electron chi connectivity index (χ4n) is 2.82. The number of carbonyl (C=O) groups excluding carboxylic acids is 1. The van der Waals surface area contributed by atoms with Gasteiger partial charge in [-0.1, -0.05) is 37.7 Å². The molecule has 7 heteroatoms. The van der Waals surface area contributed by atoms with Crippen molar-refractivity contribution in [3.63, 3.8) is 0 Å². The van der Waals surface area contributed by atoms with Gasteiger partial charge in [0.1, 0.15) is 0 Å². The van der Waals surface area contributed by atoms with E-state index in [0.29, 0.717) is 35.8 Å². The number of nitrogens with zero attached hydrogens (tertiary/aromatic N) is 2. The van der Waals surface area contributed by atoms with Crippen molar-refractivity contribution in [3.05, 3.63) is 34.6 Å². The van der Waals surface area contributed by atoms with Gasteiger partial charge in [0.05, 0.1) is 16.7 Å². The number of ether oxygens (including phenoxy) is 1. The van der Waals surface area contributed by atoms with Gasteiger partial charge in [-0.3, -0.25) is 14.2 Å². The topological polar surface area (TPSA) is 73.2 Å². The Balaban J connectivity index is 2.19. The van der Waals surface area contributed by atoms with Crippen molar-refractivity contribution in [2.75, 3.05) is 19.0 Å². The molecule has 1 aromatic heterocycles. The Kier molecular flexibility index (Phi) is 8.81. The molecular formula is C20H29N3O3S. The van der Waals surface area contributed by atoms with Crippen LogP contribution in [0, 0.1) is 0 Å². The molecule has 0 aliphatic rings. The van der Waals surface area contributed by atoms with Gasteiger partial charge in [0.15, 0.2) is 5.16 Å². The maximum Gasteiger partial charge on any atom is 0.262 e. The molecule has 0 saturated carbocycles. The lowest BCUT2D eigenvalue weighted by atomic mass is 10.2. The summed E-state index contributed by atoms with van der Waals surface area (Å²) in [6, 6.07) is 7.51. The molecule has 6 nitrogen and oxygen atoms in total. The zero-order valence-corrected chi connectivity index (χ0v) is 17.2. The van der Waals surface area contributed by atoms with Crippen LogP contribution in [0.1, 0.15) is 40.0 Å². The van der Waals surface area contributed by atoms with Crippen molar-refractivity contribution < 1.29 is 9.53 Å². The molecule has 2 rings (SSSR count). The van der Waals surface area contributed by atoms with Gasteiger partial charge in [-0.2, -0.15) is 0 Å². The van der Waals surface area contributed by atoms with E-state index in [2.05, 4.69) is 24.1 Å². The molecule has 0 aliphatic carbocycles. The lowest BCUT2D eigenvalue weighted by molar-refractivity contribution is -0.119. The molecule has 27 heavy (non-hydrogen) atoms. The first-order valence-electron chi connectivity index (χ1n) is 9.60. The number of amides is 1. The molecule has 0 atom stereocenters. The number of fused-ring (bicyclic) bond motifs is 1. The summed E-state index contributed by atoms with van der Waals surface area (Å²) in [7, 11) is 0. The fourth-order valence-corrected chi connectivity index (χ4v) is 3.65. The summed E-state index contributed by atoms with van der Waals surface area (Å²) in [5.74, 6) is 0.212. The predicted octanol–water partition coefficient (Wildman–Crippen LogP) is 3.22. The number of benzene rings is 1. The third-order valence-electron chi connectivity index (χ3n) is 4.38. The average Bonchev–Trinajstić information content (AvgIpc) is 2.69. The van der Waals surface area contributed by atoms with Crippen LogP contribution in [-0.4, -0.2) is 40.5 Å². The van der Waals surface area contributed by atoms with E-state index in [1.807, 2.05) is 25.1 Å². The van der Waals surface area contributed by atoms with Crippen LogP contribution in [0.5, 0.6) is 0 Å². The number of rotatable bonds is 11. The van der Waals surface area contributed by atoms with Crippen molar-refractivity contribution in [1.82, 2.24) is 14.9 Å². The third kappa shape index (κ3) is 6.07. The minimum atomic E-state index is -0.0694. The van der Waals surface area contributed by atoms with E-state index in [9.17, 15) is 9.59 Å². The molecule has 2 aromatic rings. The third-order valence-corrected chi connectivity index (χ3v) is 5.36. The largest absolute Gasteiger partial charge is 0.382 e. The maximum atomic E-state index is 12.9. The van der Waals surface area contributed by atoms with Crippen LogP contribution in [0.2, 0.25) is 0 Å². The van der Waals surface area contributed by atoms with Crippen molar-refractivity contribution in [2.24, 2.45) is 0 Å². The molecule has 1 heterocycles. The zero-order valence-electron chi connectivity index (χ0n) is 16.4. The molecule has 0 saturated heterocycles. The van der Waals surface area contributed by atoms with Crippen molar-refractivity contribution in [1.29, 1.82) is 0 Å². The monoisotopic (exact) mass is 391 g/mol. The van der Waals surface area contributed by atoms with Crippen LogP contribution >= 0.6 is 11.8 Å². The number of hydrogen-bond acceptors (Lipinski definition) is 5. The highest BCUT2D eigenvalue weighted by Crippen LogP contribution is 2.18. The summed E-state index contributed by atoms with van der Waals surface area (Å²) in [6.45, 7) is 7.83. The molecule has 1 amide bonds. The normalized spacial score (nSPS) is 11.3. The zero-order chi connectivity index (χ0) is 19.6. The van der Waals surface area contributed by atoms with Crippen LogP contribution in [-0.2, 0) is 16.1 Å². The Hall–Kier alpha value is -1.86. The van der Waals surface area contributed by atoms with Gasteiger partial charge in [0.2, 0.25) is 5.91 Å². The highest BCUT2D eigenvalue weighted by molar-refractivity contribution is 7.99.